The third-order valence-electron chi connectivity index (χ3n) is 9.23. The van der Waals surface area contributed by atoms with E-state index in [4.69, 9.17) is 37.9 Å². The molecule has 0 aromatic rings. The van der Waals surface area contributed by atoms with E-state index in [0.29, 0.717) is 0 Å². The van der Waals surface area contributed by atoms with Gasteiger partial charge in [0.05, 0.1) is 25.4 Å². The first-order chi connectivity index (χ1) is 22.3. The van der Waals surface area contributed by atoms with Gasteiger partial charge >= 0.3 is 0 Å². The summed E-state index contributed by atoms with van der Waals surface area (Å²) in [6.45, 7) is 3.68. The van der Waals surface area contributed by atoms with Crippen molar-refractivity contribution in [2.45, 2.75) is 156 Å². The van der Waals surface area contributed by atoms with Crippen molar-refractivity contribution < 1.29 is 89.0 Å². The molecule has 5 aliphatic rings. The molecule has 0 aromatic heterocycles. The fourth-order valence-corrected chi connectivity index (χ4v) is 6.43. The standard InChI is InChI=1S/C28H47NO18/c1-4-9-14(31)18(35)20(37)26(42-9)40-7-12-16(33)24(47-27-21(38)19(36)15(32)10(5-2)43-27)22(39)28(45-12)46-23-11(6-30)44-25-13(17(23)34)29-8(3)41-25/h9-28,30-39H,4-7H2,1-3H3/t9?,10-,11?,12?,13?,14+,15+,16+,17+,18-,19?,20?,21?,22?,23+,24-,25-,26-,27+,28-/m0/s1. The van der Waals surface area contributed by atoms with Gasteiger partial charge in [-0.05, 0) is 12.8 Å². The minimum atomic E-state index is -1.87. The molecule has 47 heavy (non-hydrogen) atoms. The summed E-state index contributed by atoms with van der Waals surface area (Å²) >= 11 is 0. The number of fused-ring (bicyclic) bond motifs is 1. The summed E-state index contributed by atoms with van der Waals surface area (Å²) in [6.07, 6.45) is -27.6. The Morgan fingerprint density at radius 1 is 0.574 bits per heavy atom. The molecule has 0 aromatic carbocycles. The number of ether oxygens (including phenoxy) is 8. The topological polar surface area (TPSA) is 288 Å². The van der Waals surface area contributed by atoms with Crippen LogP contribution in [0, 0.1) is 0 Å². The van der Waals surface area contributed by atoms with Crippen LogP contribution >= 0.6 is 0 Å². The highest BCUT2D eigenvalue weighted by Crippen LogP contribution is 2.35. The summed E-state index contributed by atoms with van der Waals surface area (Å²) in [5.41, 5.74) is 0. The number of nitrogens with zero attached hydrogens (tertiary/aromatic N) is 1. The van der Waals surface area contributed by atoms with Crippen LogP contribution in [0.1, 0.15) is 33.6 Å². The molecule has 272 valence electrons. The van der Waals surface area contributed by atoms with Crippen LogP contribution in [0.15, 0.2) is 4.99 Å². The van der Waals surface area contributed by atoms with Gasteiger partial charge in [-0.1, -0.05) is 13.8 Å². The SMILES string of the molecule is CCC1O[C@H](OCC2O[C@@H](O[C@@H]3C(CO)O[C@@H]4OC(C)=NC4[C@H]3O)C(O)[C@@H](O[C@H]3O[C@@H](CC)[C@@H](O)C(O)C3O)[C@@H]2O)C(O)[C@@H](O)[C@@H]1O. The molecule has 5 rings (SSSR count). The van der Waals surface area contributed by atoms with Gasteiger partial charge in [-0.3, -0.25) is 0 Å². The Hall–Kier alpha value is -1.21. The zero-order valence-corrected chi connectivity index (χ0v) is 26.1. The van der Waals surface area contributed by atoms with Crippen LogP contribution in [0.2, 0.25) is 0 Å². The Bertz CT molecular complexity index is 1050. The first kappa shape index (κ1) is 37.1. The molecule has 0 saturated carbocycles. The van der Waals surface area contributed by atoms with Crippen molar-refractivity contribution in [2.24, 2.45) is 4.99 Å². The lowest BCUT2D eigenvalue weighted by Gasteiger charge is -2.48. The second-order valence-corrected chi connectivity index (χ2v) is 12.4. The van der Waals surface area contributed by atoms with Crippen LogP contribution < -0.4 is 0 Å². The number of aliphatic imine (C=N–C) groups is 1. The molecule has 0 bridgehead atoms. The van der Waals surface area contributed by atoms with E-state index < -0.39 is 136 Å². The van der Waals surface area contributed by atoms with Gasteiger partial charge in [0.15, 0.2) is 24.8 Å². The summed E-state index contributed by atoms with van der Waals surface area (Å²) in [4.78, 5) is 4.20. The van der Waals surface area contributed by atoms with E-state index in [-0.39, 0.29) is 18.7 Å². The van der Waals surface area contributed by atoms with Gasteiger partial charge in [0.2, 0.25) is 6.29 Å². The predicted molar refractivity (Wildman–Crippen MR) is 150 cm³/mol. The average Bonchev–Trinajstić information content (AvgIpc) is 3.44. The quantitative estimate of drug-likeness (QED) is 0.103. The molecule has 0 radical (unpaired) electrons. The van der Waals surface area contributed by atoms with E-state index >= 15 is 0 Å². The van der Waals surface area contributed by atoms with Crippen molar-refractivity contribution in [3.05, 3.63) is 0 Å². The lowest BCUT2D eigenvalue weighted by atomic mass is 9.95. The number of aliphatic hydroxyl groups is 10. The molecule has 0 amide bonds. The molecule has 10 N–H and O–H groups in total. The molecule has 4 saturated heterocycles. The van der Waals surface area contributed by atoms with Crippen LogP contribution in [0.5, 0.6) is 0 Å². The van der Waals surface area contributed by atoms with E-state index in [1.165, 1.54) is 0 Å². The number of hydrogen-bond donors (Lipinski definition) is 10. The highest BCUT2D eigenvalue weighted by molar-refractivity contribution is 5.75. The molecule has 5 aliphatic heterocycles. The van der Waals surface area contributed by atoms with Crippen molar-refractivity contribution in [2.75, 3.05) is 13.2 Å². The normalized spacial score (nSPS) is 52.1. The maximum atomic E-state index is 11.4. The molecular weight excluding hydrogens is 638 g/mol. The van der Waals surface area contributed by atoms with Gasteiger partial charge in [0, 0.05) is 6.92 Å². The van der Waals surface area contributed by atoms with E-state index in [1.54, 1.807) is 20.8 Å². The fourth-order valence-electron chi connectivity index (χ4n) is 6.43. The Labute approximate surface area is 269 Å². The van der Waals surface area contributed by atoms with E-state index in [0.717, 1.165) is 0 Å². The first-order valence-corrected chi connectivity index (χ1v) is 15.8. The zero-order valence-electron chi connectivity index (χ0n) is 26.1. The van der Waals surface area contributed by atoms with E-state index in [1.807, 2.05) is 0 Å². The monoisotopic (exact) mass is 685 g/mol. The molecular formula is C28H47NO18. The molecule has 0 spiro atoms. The summed E-state index contributed by atoms with van der Waals surface area (Å²) in [5, 5.41) is 106. The van der Waals surface area contributed by atoms with Crippen LogP contribution in [0.3, 0.4) is 0 Å². The Kier molecular flexibility index (Phi) is 12.1. The third-order valence-corrected chi connectivity index (χ3v) is 9.23. The molecule has 19 heteroatoms. The molecule has 20 atom stereocenters. The van der Waals surface area contributed by atoms with Crippen LogP contribution in [-0.4, -0.2) is 193 Å². The Balaban J connectivity index is 1.37. The highest BCUT2D eigenvalue weighted by atomic mass is 16.8. The summed E-state index contributed by atoms with van der Waals surface area (Å²) < 4.78 is 45.7. The van der Waals surface area contributed by atoms with Gasteiger partial charge in [-0.25, -0.2) is 4.99 Å². The van der Waals surface area contributed by atoms with Crippen LogP contribution in [0.4, 0.5) is 0 Å². The van der Waals surface area contributed by atoms with Gasteiger partial charge in [0.25, 0.3) is 0 Å². The van der Waals surface area contributed by atoms with Crippen LogP contribution in [0.25, 0.3) is 0 Å². The maximum Gasteiger partial charge on any atom is 0.227 e. The molecule has 19 nitrogen and oxygen atoms in total. The van der Waals surface area contributed by atoms with Gasteiger partial charge < -0.3 is 89.0 Å². The van der Waals surface area contributed by atoms with Gasteiger partial charge in [-0.2, -0.15) is 0 Å². The molecule has 5 heterocycles. The maximum absolute atomic E-state index is 11.4. The Morgan fingerprint density at radius 3 is 1.70 bits per heavy atom. The van der Waals surface area contributed by atoms with Crippen molar-refractivity contribution in [3.8, 4) is 0 Å². The number of aliphatic hydroxyl groups excluding tert-OH is 10. The van der Waals surface area contributed by atoms with Crippen molar-refractivity contribution in [1.82, 2.24) is 0 Å². The molecule has 4 fully saturated rings. The zero-order chi connectivity index (χ0) is 34.3. The fraction of sp³-hybridized carbons (Fsp3) is 0.964. The summed E-state index contributed by atoms with van der Waals surface area (Å²) in [7, 11) is 0. The van der Waals surface area contributed by atoms with Crippen molar-refractivity contribution in [3.63, 3.8) is 0 Å². The first-order valence-electron chi connectivity index (χ1n) is 15.8. The van der Waals surface area contributed by atoms with E-state index in [9.17, 15) is 51.1 Å². The van der Waals surface area contributed by atoms with Crippen molar-refractivity contribution >= 4 is 5.90 Å². The number of hydrogen-bond acceptors (Lipinski definition) is 19. The van der Waals surface area contributed by atoms with E-state index in [2.05, 4.69) is 4.99 Å². The number of rotatable bonds is 10. The lowest BCUT2D eigenvalue weighted by molar-refractivity contribution is -0.377. The minimum absolute atomic E-state index is 0.213. The molecule has 8 unspecified atom stereocenters. The minimum Gasteiger partial charge on any atom is -0.450 e. The second kappa shape index (κ2) is 15.4. The lowest BCUT2D eigenvalue weighted by Crippen LogP contribution is -2.66. The Morgan fingerprint density at radius 2 is 1.11 bits per heavy atom. The van der Waals surface area contributed by atoms with Gasteiger partial charge in [-0.15, -0.1) is 0 Å². The average molecular weight is 686 g/mol. The van der Waals surface area contributed by atoms with Crippen LogP contribution in [-0.2, 0) is 37.9 Å². The third kappa shape index (κ3) is 7.33. The second-order valence-electron chi connectivity index (χ2n) is 12.4. The van der Waals surface area contributed by atoms with Gasteiger partial charge in [0.1, 0.15) is 85.4 Å². The highest BCUT2D eigenvalue weighted by Gasteiger charge is 2.55. The van der Waals surface area contributed by atoms with Crippen molar-refractivity contribution in [1.29, 1.82) is 0 Å². The summed E-state index contributed by atoms with van der Waals surface area (Å²) in [6, 6.07) is -0.941. The smallest absolute Gasteiger partial charge is 0.227 e. The predicted octanol–water partition coefficient (Wildman–Crippen LogP) is -5.45. The molecule has 0 aliphatic carbocycles. The summed E-state index contributed by atoms with van der Waals surface area (Å²) in [5.74, 6) is 0.234. The largest absolute Gasteiger partial charge is 0.450 e.